The zero-order valence-corrected chi connectivity index (χ0v) is 12.2. The van der Waals surface area contributed by atoms with Crippen LogP contribution in [0.3, 0.4) is 0 Å². The maximum atomic E-state index is 12.2. The Labute approximate surface area is 123 Å². The van der Waals surface area contributed by atoms with Gasteiger partial charge < -0.3 is 5.11 Å². The van der Waals surface area contributed by atoms with Crippen molar-refractivity contribution < 1.29 is 14.7 Å². The van der Waals surface area contributed by atoms with Crippen LogP contribution in [-0.2, 0) is 4.79 Å². The Hall–Kier alpha value is -1.39. The van der Waals surface area contributed by atoms with Gasteiger partial charge >= 0.3 is 5.97 Å². The van der Waals surface area contributed by atoms with Crippen molar-refractivity contribution in [3.63, 3.8) is 0 Å². The molecule has 5 heteroatoms. The molecule has 1 aliphatic rings. The first kappa shape index (κ1) is 15.0. The third-order valence-corrected chi connectivity index (χ3v) is 4.13. The molecule has 0 amide bonds. The Balaban J connectivity index is 2.00. The summed E-state index contributed by atoms with van der Waals surface area (Å²) >= 11 is 5.94. The molecule has 0 spiro atoms. The van der Waals surface area contributed by atoms with Crippen LogP contribution in [0.5, 0.6) is 0 Å². The molecule has 1 aromatic carbocycles. The molecule has 1 unspecified atom stereocenters. The lowest BCUT2D eigenvalue weighted by Crippen LogP contribution is -2.41. The van der Waals surface area contributed by atoms with E-state index in [2.05, 4.69) is 0 Å². The first-order valence-electron chi connectivity index (χ1n) is 6.72. The van der Waals surface area contributed by atoms with Gasteiger partial charge in [-0.15, -0.1) is 0 Å². The fourth-order valence-corrected chi connectivity index (χ4v) is 2.63. The average Bonchev–Trinajstić information content (AvgIpc) is 2.42. The summed E-state index contributed by atoms with van der Waals surface area (Å²) in [6.07, 6.45) is 1.52. The van der Waals surface area contributed by atoms with E-state index in [4.69, 9.17) is 16.7 Å². The van der Waals surface area contributed by atoms with E-state index in [1.807, 2.05) is 11.8 Å². The van der Waals surface area contributed by atoms with Crippen LogP contribution in [0.15, 0.2) is 18.2 Å². The molecule has 20 heavy (non-hydrogen) atoms. The molecule has 0 aromatic heterocycles. The highest BCUT2D eigenvalue weighted by atomic mass is 35.5. The minimum absolute atomic E-state index is 0.0100. The monoisotopic (exact) mass is 295 g/mol. The van der Waals surface area contributed by atoms with E-state index >= 15 is 0 Å². The first-order valence-corrected chi connectivity index (χ1v) is 7.09. The lowest BCUT2D eigenvalue weighted by molar-refractivity contribution is -0.143. The van der Waals surface area contributed by atoms with Crippen LogP contribution in [0.4, 0.5) is 0 Å². The van der Waals surface area contributed by atoms with Crippen LogP contribution in [0.1, 0.15) is 28.8 Å². The van der Waals surface area contributed by atoms with Gasteiger partial charge in [0, 0.05) is 17.1 Å². The molecule has 108 valence electrons. The number of benzene rings is 1. The lowest BCUT2D eigenvalue weighted by Gasteiger charge is -2.29. The molecule has 1 atom stereocenters. The van der Waals surface area contributed by atoms with Gasteiger partial charge in [-0.05, 0) is 50.1 Å². The summed E-state index contributed by atoms with van der Waals surface area (Å²) in [4.78, 5) is 25.2. The standard InChI is InChI=1S/C15H18ClNO3/c1-10-7-11(4-5-13(10)16)14(18)9-17-6-2-3-12(8-17)15(19)20/h4-5,7,12H,2-3,6,8-9H2,1H3,(H,19,20). The Bertz CT molecular complexity index is 530. The molecule has 0 bridgehead atoms. The van der Waals surface area contributed by atoms with Crippen molar-refractivity contribution in [1.82, 2.24) is 4.90 Å². The van der Waals surface area contributed by atoms with Gasteiger partial charge in [0.05, 0.1) is 12.5 Å². The highest BCUT2D eigenvalue weighted by Crippen LogP contribution is 2.19. The highest BCUT2D eigenvalue weighted by Gasteiger charge is 2.26. The summed E-state index contributed by atoms with van der Waals surface area (Å²) in [5, 5.41) is 9.69. The van der Waals surface area contributed by atoms with Crippen LogP contribution >= 0.6 is 11.6 Å². The van der Waals surface area contributed by atoms with Gasteiger partial charge in [-0.3, -0.25) is 14.5 Å². The summed E-state index contributed by atoms with van der Waals surface area (Å²) in [5.41, 5.74) is 1.50. The van der Waals surface area contributed by atoms with E-state index in [0.717, 1.165) is 18.5 Å². The number of likely N-dealkylation sites (tertiary alicyclic amines) is 1. The minimum Gasteiger partial charge on any atom is -0.481 e. The van der Waals surface area contributed by atoms with Crippen LogP contribution in [0.25, 0.3) is 0 Å². The van der Waals surface area contributed by atoms with Crippen molar-refractivity contribution in [2.75, 3.05) is 19.6 Å². The van der Waals surface area contributed by atoms with Crippen molar-refractivity contribution in [3.8, 4) is 0 Å². The van der Waals surface area contributed by atoms with Gasteiger partial charge in [-0.1, -0.05) is 11.6 Å². The van der Waals surface area contributed by atoms with Gasteiger partial charge in [0.15, 0.2) is 5.78 Å². The number of piperidine rings is 1. The summed E-state index contributed by atoms with van der Waals surface area (Å²) in [6, 6.07) is 5.22. The molecular formula is C15H18ClNO3. The summed E-state index contributed by atoms with van der Waals surface area (Å²) < 4.78 is 0. The Morgan fingerprint density at radius 2 is 2.20 bits per heavy atom. The van der Waals surface area contributed by atoms with Crippen LogP contribution < -0.4 is 0 Å². The highest BCUT2D eigenvalue weighted by molar-refractivity contribution is 6.31. The van der Waals surface area contributed by atoms with E-state index in [1.54, 1.807) is 18.2 Å². The molecule has 2 rings (SSSR count). The van der Waals surface area contributed by atoms with E-state index in [1.165, 1.54) is 0 Å². The Morgan fingerprint density at radius 3 is 2.85 bits per heavy atom. The maximum absolute atomic E-state index is 12.2. The normalized spacial score (nSPS) is 19.8. The largest absolute Gasteiger partial charge is 0.481 e. The number of halogens is 1. The number of rotatable bonds is 4. The Morgan fingerprint density at radius 1 is 1.45 bits per heavy atom. The SMILES string of the molecule is Cc1cc(C(=O)CN2CCCC(C(=O)O)C2)ccc1Cl. The molecule has 1 saturated heterocycles. The molecule has 1 aliphatic heterocycles. The van der Waals surface area contributed by atoms with Gasteiger partial charge in [0.1, 0.15) is 0 Å². The third kappa shape index (κ3) is 3.58. The maximum Gasteiger partial charge on any atom is 0.307 e. The number of carboxylic acids is 1. The number of hydrogen-bond donors (Lipinski definition) is 1. The minimum atomic E-state index is -0.774. The van der Waals surface area contributed by atoms with Crippen molar-refractivity contribution in [1.29, 1.82) is 0 Å². The second kappa shape index (κ2) is 6.37. The molecule has 1 N–H and O–H groups in total. The smallest absolute Gasteiger partial charge is 0.307 e. The van der Waals surface area contributed by atoms with Gasteiger partial charge in [-0.25, -0.2) is 0 Å². The number of nitrogens with zero attached hydrogens (tertiary/aromatic N) is 1. The molecule has 1 fully saturated rings. The van der Waals surface area contributed by atoms with Crippen LogP contribution in [0, 0.1) is 12.8 Å². The van der Waals surface area contributed by atoms with Crippen LogP contribution in [-0.4, -0.2) is 41.4 Å². The van der Waals surface area contributed by atoms with Crippen molar-refractivity contribution >= 4 is 23.4 Å². The van der Waals surface area contributed by atoms with E-state index in [-0.39, 0.29) is 18.2 Å². The number of aryl methyl sites for hydroxylation is 1. The number of aliphatic carboxylic acids is 1. The summed E-state index contributed by atoms with van der Waals surface area (Å²) in [7, 11) is 0. The second-order valence-corrected chi connectivity index (χ2v) is 5.71. The zero-order chi connectivity index (χ0) is 14.7. The van der Waals surface area contributed by atoms with Crippen molar-refractivity contribution in [3.05, 3.63) is 34.3 Å². The number of ketones is 1. The summed E-state index contributed by atoms with van der Waals surface area (Å²) in [6.45, 7) is 3.36. The number of carboxylic acid groups (broad SMARTS) is 1. The quantitative estimate of drug-likeness (QED) is 0.868. The predicted molar refractivity (Wildman–Crippen MR) is 77.3 cm³/mol. The predicted octanol–water partition coefficient (Wildman–Crippen LogP) is 2.63. The molecule has 0 radical (unpaired) electrons. The van der Waals surface area contributed by atoms with E-state index < -0.39 is 5.97 Å². The molecule has 0 aliphatic carbocycles. The zero-order valence-electron chi connectivity index (χ0n) is 11.4. The van der Waals surface area contributed by atoms with Crippen LogP contribution in [0.2, 0.25) is 5.02 Å². The van der Waals surface area contributed by atoms with Gasteiger partial charge in [-0.2, -0.15) is 0 Å². The van der Waals surface area contributed by atoms with Gasteiger partial charge in [0.2, 0.25) is 0 Å². The molecule has 4 nitrogen and oxygen atoms in total. The van der Waals surface area contributed by atoms with E-state index in [0.29, 0.717) is 23.6 Å². The average molecular weight is 296 g/mol. The topological polar surface area (TPSA) is 57.6 Å². The van der Waals surface area contributed by atoms with Crippen molar-refractivity contribution in [2.45, 2.75) is 19.8 Å². The number of hydrogen-bond acceptors (Lipinski definition) is 3. The Kier molecular flexibility index (Phi) is 4.78. The fraction of sp³-hybridized carbons (Fsp3) is 0.467. The number of carbonyl (C=O) groups is 2. The third-order valence-electron chi connectivity index (χ3n) is 3.70. The molecular weight excluding hydrogens is 278 g/mol. The fourth-order valence-electron chi connectivity index (χ4n) is 2.51. The first-order chi connectivity index (χ1) is 9.47. The lowest BCUT2D eigenvalue weighted by atomic mass is 9.97. The second-order valence-electron chi connectivity index (χ2n) is 5.30. The molecule has 1 aromatic rings. The van der Waals surface area contributed by atoms with Crippen molar-refractivity contribution in [2.24, 2.45) is 5.92 Å². The summed E-state index contributed by atoms with van der Waals surface area (Å²) in [5.74, 6) is -1.12. The molecule has 0 saturated carbocycles. The number of carbonyl (C=O) groups excluding carboxylic acids is 1. The number of Topliss-reactive ketones (excluding diaryl/α,β-unsaturated/α-hetero) is 1. The molecule has 1 heterocycles. The van der Waals surface area contributed by atoms with E-state index in [9.17, 15) is 9.59 Å². The van der Waals surface area contributed by atoms with Gasteiger partial charge in [0.25, 0.3) is 0 Å².